The van der Waals surface area contributed by atoms with Gasteiger partial charge in [-0.3, -0.25) is 0 Å². The fourth-order valence-electron chi connectivity index (χ4n) is 2.93. The van der Waals surface area contributed by atoms with Crippen LogP contribution in [0, 0.1) is 19.4 Å². The largest absolute Gasteiger partial charge is 0.493 e. The summed E-state index contributed by atoms with van der Waals surface area (Å²) in [6.07, 6.45) is 0.966. The van der Waals surface area contributed by atoms with Crippen LogP contribution in [-0.4, -0.2) is 34.6 Å². The second-order valence-electron chi connectivity index (χ2n) is 5.44. The van der Waals surface area contributed by atoms with Gasteiger partial charge in [0, 0.05) is 11.9 Å². The zero-order valence-corrected chi connectivity index (χ0v) is 13.2. The minimum absolute atomic E-state index is 0.0212. The maximum atomic E-state index is 9.89. The van der Waals surface area contributed by atoms with Crippen LogP contribution >= 0.6 is 0 Å². The van der Waals surface area contributed by atoms with E-state index in [1.54, 1.807) is 0 Å². The van der Waals surface area contributed by atoms with E-state index in [1.807, 2.05) is 13.8 Å². The van der Waals surface area contributed by atoms with Crippen molar-refractivity contribution in [3.05, 3.63) is 22.8 Å². The predicted octanol–water partition coefficient (Wildman–Crippen LogP) is 4.04. The molecule has 2 rings (SSSR count). The summed E-state index contributed by atoms with van der Waals surface area (Å²) in [4.78, 5) is 5.33. The van der Waals surface area contributed by atoms with Crippen LogP contribution in [0.5, 0.6) is 5.88 Å². The summed E-state index contributed by atoms with van der Waals surface area (Å²) < 4.78 is 0. The molecule has 0 radical (unpaired) electrons. The molecule has 0 spiro atoms. The highest BCUT2D eigenvalue weighted by atomic mass is 16.3. The quantitative estimate of drug-likeness (QED) is 0.702. The molecule has 2 aromatic rings. The fourth-order valence-corrected chi connectivity index (χ4v) is 2.93. The van der Waals surface area contributed by atoms with Gasteiger partial charge in [-0.2, -0.15) is 5.11 Å². The summed E-state index contributed by atoms with van der Waals surface area (Å²) >= 11 is 0. The third-order valence-corrected chi connectivity index (χ3v) is 4.30. The first-order chi connectivity index (χ1) is 10.0. The zero-order valence-electron chi connectivity index (χ0n) is 13.2. The number of nitrogens with one attached hydrogen (secondary N) is 2. The van der Waals surface area contributed by atoms with E-state index in [2.05, 4.69) is 34.9 Å². The molecule has 5 nitrogen and oxygen atoms in total. The molecule has 0 bridgehead atoms. The molecule has 0 aliphatic heterocycles. The number of benzene rings is 1. The summed E-state index contributed by atoms with van der Waals surface area (Å²) in [5.74, 6) is -0.0212. The van der Waals surface area contributed by atoms with Gasteiger partial charge in [-0.05, 0) is 50.0 Å². The first kappa shape index (κ1) is 15.5. The lowest BCUT2D eigenvalue weighted by Gasteiger charge is -2.19. The molecule has 1 heterocycles. The van der Waals surface area contributed by atoms with Crippen LogP contribution in [0.25, 0.3) is 10.9 Å². The van der Waals surface area contributed by atoms with E-state index < -0.39 is 0 Å². The van der Waals surface area contributed by atoms with Crippen molar-refractivity contribution in [2.75, 3.05) is 19.6 Å². The number of rotatable bonds is 6. The van der Waals surface area contributed by atoms with Crippen LogP contribution in [0.4, 0.5) is 5.69 Å². The van der Waals surface area contributed by atoms with Crippen molar-refractivity contribution in [3.8, 4) is 5.88 Å². The number of aromatic amines is 1. The van der Waals surface area contributed by atoms with E-state index in [4.69, 9.17) is 5.53 Å². The SMILES string of the molecule is CCN(CC)CCc1cc(C)c2[nH]c(O)c(N=N)c2c1C. The number of likely N-dealkylation sites (N-methyl/N-ethyl adjacent to an activating group) is 1. The van der Waals surface area contributed by atoms with Gasteiger partial charge in [0.1, 0.15) is 0 Å². The van der Waals surface area contributed by atoms with Crippen molar-refractivity contribution in [2.24, 2.45) is 5.11 Å². The molecule has 3 N–H and O–H groups in total. The summed E-state index contributed by atoms with van der Waals surface area (Å²) in [6, 6.07) is 2.17. The number of hydrogen-bond acceptors (Lipinski definition) is 4. The summed E-state index contributed by atoms with van der Waals surface area (Å²) in [6.45, 7) is 11.5. The molecule has 0 saturated carbocycles. The van der Waals surface area contributed by atoms with Gasteiger partial charge in [0.15, 0.2) is 5.69 Å². The van der Waals surface area contributed by atoms with E-state index in [1.165, 1.54) is 5.56 Å². The molecule has 0 aliphatic rings. The Bertz CT molecular complexity index is 656. The van der Waals surface area contributed by atoms with E-state index in [9.17, 15) is 5.11 Å². The highest BCUT2D eigenvalue weighted by Crippen LogP contribution is 2.39. The van der Waals surface area contributed by atoms with Crippen LogP contribution in [0.15, 0.2) is 11.2 Å². The Morgan fingerprint density at radius 1 is 1.29 bits per heavy atom. The van der Waals surface area contributed by atoms with Crippen LogP contribution in [-0.2, 0) is 6.42 Å². The molecule has 0 fully saturated rings. The smallest absolute Gasteiger partial charge is 0.218 e. The predicted molar refractivity (Wildman–Crippen MR) is 85.7 cm³/mol. The van der Waals surface area contributed by atoms with Gasteiger partial charge < -0.3 is 15.0 Å². The Morgan fingerprint density at radius 3 is 2.52 bits per heavy atom. The van der Waals surface area contributed by atoms with Gasteiger partial charge in [0.2, 0.25) is 5.88 Å². The van der Waals surface area contributed by atoms with Crippen molar-refractivity contribution in [3.63, 3.8) is 0 Å². The van der Waals surface area contributed by atoms with Crippen molar-refractivity contribution in [1.29, 1.82) is 5.53 Å². The number of aryl methyl sites for hydroxylation is 2. The summed E-state index contributed by atoms with van der Waals surface area (Å²) in [7, 11) is 0. The Morgan fingerprint density at radius 2 is 1.95 bits per heavy atom. The molecule has 114 valence electrons. The molecule has 21 heavy (non-hydrogen) atoms. The second-order valence-corrected chi connectivity index (χ2v) is 5.44. The average Bonchev–Trinajstić information content (AvgIpc) is 2.82. The van der Waals surface area contributed by atoms with Crippen LogP contribution in [0.2, 0.25) is 0 Å². The van der Waals surface area contributed by atoms with Crippen molar-refractivity contribution < 1.29 is 5.11 Å². The molecule has 0 unspecified atom stereocenters. The van der Waals surface area contributed by atoms with Gasteiger partial charge in [-0.15, -0.1) is 0 Å². The fraction of sp³-hybridized carbons (Fsp3) is 0.500. The van der Waals surface area contributed by atoms with E-state index in [0.717, 1.165) is 48.1 Å². The topological polar surface area (TPSA) is 75.5 Å². The molecule has 0 aliphatic carbocycles. The second kappa shape index (κ2) is 6.26. The van der Waals surface area contributed by atoms with Crippen LogP contribution < -0.4 is 0 Å². The minimum Gasteiger partial charge on any atom is -0.493 e. The number of hydrogen-bond donors (Lipinski definition) is 3. The zero-order chi connectivity index (χ0) is 15.6. The lowest BCUT2D eigenvalue weighted by Crippen LogP contribution is -2.25. The number of aromatic nitrogens is 1. The Balaban J connectivity index is 2.46. The minimum atomic E-state index is -0.0212. The highest BCUT2D eigenvalue weighted by molar-refractivity contribution is 5.99. The van der Waals surface area contributed by atoms with E-state index in [0.29, 0.717) is 5.69 Å². The highest BCUT2D eigenvalue weighted by Gasteiger charge is 2.17. The van der Waals surface area contributed by atoms with E-state index >= 15 is 0 Å². The third kappa shape index (κ3) is 2.78. The molecule has 0 atom stereocenters. The Kier molecular flexibility index (Phi) is 4.63. The number of aromatic hydroxyl groups is 1. The molecule has 0 saturated heterocycles. The van der Waals surface area contributed by atoms with Gasteiger partial charge in [-0.1, -0.05) is 19.9 Å². The molecule has 1 aromatic heterocycles. The monoisotopic (exact) mass is 288 g/mol. The lowest BCUT2D eigenvalue weighted by atomic mass is 9.97. The Labute approximate surface area is 125 Å². The van der Waals surface area contributed by atoms with E-state index in [-0.39, 0.29) is 5.88 Å². The number of fused-ring (bicyclic) bond motifs is 1. The van der Waals surface area contributed by atoms with Crippen LogP contribution in [0.1, 0.15) is 30.5 Å². The molecular weight excluding hydrogens is 264 g/mol. The Hall–Kier alpha value is -1.88. The van der Waals surface area contributed by atoms with Gasteiger partial charge in [-0.25, -0.2) is 5.53 Å². The van der Waals surface area contributed by atoms with Gasteiger partial charge in [0.25, 0.3) is 0 Å². The average molecular weight is 288 g/mol. The molecule has 5 heteroatoms. The van der Waals surface area contributed by atoms with Crippen LogP contribution in [0.3, 0.4) is 0 Å². The normalized spacial score (nSPS) is 11.5. The van der Waals surface area contributed by atoms with Gasteiger partial charge in [0.05, 0.1) is 5.52 Å². The number of nitrogens with zero attached hydrogens (tertiary/aromatic N) is 2. The first-order valence-corrected chi connectivity index (χ1v) is 7.46. The van der Waals surface area contributed by atoms with Gasteiger partial charge >= 0.3 is 0 Å². The maximum Gasteiger partial charge on any atom is 0.218 e. The standard InChI is InChI=1S/C16H24N4O/c1-5-20(6-2)8-7-12-9-10(3)14-13(11(12)4)15(19-17)16(21)18-14/h9,17-18,21H,5-8H2,1-4H3. The molecular formula is C16H24N4O. The van der Waals surface area contributed by atoms with Crippen molar-refractivity contribution in [1.82, 2.24) is 9.88 Å². The summed E-state index contributed by atoms with van der Waals surface area (Å²) in [5, 5.41) is 14.3. The molecule has 0 amide bonds. The third-order valence-electron chi connectivity index (χ3n) is 4.30. The summed E-state index contributed by atoms with van der Waals surface area (Å²) in [5.41, 5.74) is 11.9. The lowest BCUT2D eigenvalue weighted by molar-refractivity contribution is 0.308. The maximum absolute atomic E-state index is 9.89. The first-order valence-electron chi connectivity index (χ1n) is 7.46. The van der Waals surface area contributed by atoms with Crippen molar-refractivity contribution in [2.45, 2.75) is 34.1 Å². The molecule has 1 aromatic carbocycles. The van der Waals surface area contributed by atoms with Crippen molar-refractivity contribution >= 4 is 16.6 Å². The number of H-pyrrole nitrogens is 1.